The van der Waals surface area contributed by atoms with Gasteiger partial charge in [-0.15, -0.1) is 0 Å². The van der Waals surface area contributed by atoms with Crippen LogP contribution >= 0.6 is 15.9 Å². The number of hydrogen-bond donors (Lipinski definition) is 1. The Balaban J connectivity index is 2.02. The highest BCUT2D eigenvalue weighted by Gasteiger charge is 2.21. The maximum Gasteiger partial charge on any atom is 0.0608 e. The molecule has 0 saturated carbocycles. The molecule has 4 heteroatoms. The van der Waals surface area contributed by atoms with Crippen LogP contribution in [0.1, 0.15) is 38.7 Å². The summed E-state index contributed by atoms with van der Waals surface area (Å²) in [5.41, 5.74) is 2.75. The van der Waals surface area contributed by atoms with E-state index < -0.39 is 0 Å². The van der Waals surface area contributed by atoms with Crippen LogP contribution in [-0.2, 0) is 11.3 Å². The minimum atomic E-state index is 0.445. The van der Waals surface area contributed by atoms with E-state index in [1.54, 1.807) is 0 Å². The van der Waals surface area contributed by atoms with E-state index in [4.69, 9.17) is 4.74 Å². The number of ether oxygens (including phenoxy) is 1. The second kappa shape index (κ2) is 8.76. The molecule has 1 aromatic rings. The Bertz CT molecular complexity index is 431. The fourth-order valence-electron chi connectivity index (χ4n) is 2.88. The van der Waals surface area contributed by atoms with Crippen molar-refractivity contribution in [3.63, 3.8) is 0 Å². The van der Waals surface area contributed by atoms with Crippen molar-refractivity contribution in [1.82, 2.24) is 5.32 Å². The zero-order valence-electron chi connectivity index (χ0n) is 13.2. The molecule has 0 unspecified atom stereocenters. The quantitative estimate of drug-likeness (QED) is 0.750. The van der Waals surface area contributed by atoms with E-state index in [1.807, 2.05) is 0 Å². The van der Waals surface area contributed by atoms with Gasteiger partial charge in [-0.05, 0) is 50.4 Å². The lowest BCUT2D eigenvalue weighted by molar-refractivity contribution is 0.0459. The van der Waals surface area contributed by atoms with Crippen molar-refractivity contribution in [1.29, 1.82) is 0 Å². The Hall–Kier alpha value is -0.580. The average Bonchev–Trinajstić information content (AvgIpc) is 2.50. The van der Waals surface area contributed by atoms with Gasteiger partial charge in [-0.25, -0.2) is 0 Å². The van der Waals surface area contributed by atoms with E-state index >= 15 is 0 Å². The van der Waals surface area contributed by atoms with E-state index in [0.717, 1.165) is 50.1 Å². The molecule has 2 rings (SSSR count). The van der Waals surface area contributed by atoms with Crippen molar-refractivity contribution in [2.45, 2.75) is 45.8 Å². The number of rotatable bonds is 7. The van der Waals surface area contributed by atoms with Crippen LogP contribution in [-0.4, -0.2) is 32.3 Å². The summed E-state index contributed by atoms with van der Waals surface area (Å²) < 4.78 is 6.91. The third kappa shape index (κ3) is 4.97. The first-order valence-electron chi connectivity index (χ1n) is 8.10. The molecule has 0 aliphatic carbocycles. The molecule has 0 radical (unpaired) electrons. The van der Waals surface area contributed by atoms with Gasteiger partial charge < -0.3 is 15.0 Å². The zero-order valence-corrected chi connectivity index (χ0v) is 14.8. The predicted molar refractivity (Wildman–Crippen MR) is 93.0 cm³/mol. The first kappa shape index (κ1) is 16.8. The Morgan fingerprint density at radius 1 is 1.29 bits per heavy atom. The summed E-state index contributed by atoms with van der Waals surface area (Å²) in [6, 6.07) is 6.63. The Morgan fingerprint density at radius 2 is 2.05 bits per heavy atom. The lowest BCUT2D eigenvalue weighted by atomic mass is 10.0. The van der Waals surface area contributed by atoms with Gasteiger partial charge in [-0.1, -0.05) is 28.9 Å². The second-order valence-electron chi connectivity index (χ2n) is 5.59. The molecular weight excluding hydrogens is 328 g/mol. The molecule has 0 spiro atoms. The van der Waals surface area contributed by atoms with Crippen LogP contribution in [0.25, 0.3) is 0 Å². The molecule has 21 heavy (non-hydrogen) atoms. The van der Waals surface area contributed by atoms with Gasteiger partial charge in [0.05, 0.1) is 6.10 Å². The number of benzene rings is 1. The minimum Gasteiger partial charge on any atom is -0.378 e. The van der Waals surface area contributed by atoms with E-state index in [0.29, 0.717) is 6.10 Å². The Morgan fingerprint density at radius 3 is 2.71 bits per heavy atom. The molecule has 1 aliphatic rings. The fraction of sp³-hybridized carbons (Fsp3) is 0.647. The van der Waals surface area contributed by atoms with Crippen LogP contribution in [0.2, 0.25) is 0 Å². The third-order valence-electron chi connectivity index (χ3n) is 3.97. The summed E-state index contributed by atoms with van der Waals surface area (Å²) in [6.07, 6.45) is 3.87. The van der Waals surface area contributed by atoms with Crippen LogP contribution in [0, 0.1) is 0 Å². The highest BCUT2D eigenvalue weighted by molar-refractivity contribution is 9.10. The SMILES string of the molecule is CCCNCc1ccc(Br)cc1N1CCC(OCC)CC1. The number of nitrogens with zero attached hydrogens (tertiary/aromatic N) is 1. The molecule has 1 saturated heterocycles. The molecular formula is C17H27BrN2O. The maximum atomic E-state index is 5.75. The Kier molecular flexibility index (Phi) is 7.00. The van der Waals surface area contributed by atoms with E-state index in [9.17, 15) is 0 Å². The number of hydrogen-bond acceptors (Lipinski definition) is 3. The number of anilines is 1. The van der Waals surface area contributed by atoms with Crippen LogP contribution in [0.4, 0.5) is 5.69 Å². The normalized spacial score (nSPS) is 16.4. The van der Waals surface area contributed by atoms with Crippen LogP contribution in [0.15, 0.2) is 22.7 Å². The molecule has 1 aromatic carbocycles. The number of nitrogens with one attached hydrogen (secondary N) is 1. The van der Waals surface area contributed by atoms with Gasteiger partial charge in [0.1, 0.15) is 0 Å². The molecule has 0 amide bonds. The number of halogens is 1. The summed E-state index contributed by atoms with van der Waals surface area (Å²) in [6.45, 7) is 9.30. The maximum absolute atomic E-state index is 5.75. The van der Waals surface area contributed by atoms with Gasteiger partial charge >= 0.3 is 0 Å². The molecule has 1 heterocycles. The lowest BCUT2D eigenvalue weighted by Gasteiger charge is -2.34. The van der Waals surface area contributed by atoms with Gasteiger partial charge in [-0.2, -0.15) is 0 Å². The monoisotopic (exact) mass is 354 g/mol. The second-order valence-corrected chi connectivity index (χ2v) is 6.51. The molecule has 1 fully saturated rings. The fourth-order valence-corrected chi connectivity index (χ4v) is 3.23. The summed E-state index contributed by atoms with van der Waals surface area (Å²) in [5.74, 6) is 0. The van der Waals surface area contributed by atoms with Crippen molar-refractivity contribution in [2.75, 3.05) is 31.1 Å². The Labute approximate surface area is 137 Å². The van der Waals surface area contributed by atoms with Crippen LogP contribution in [0.3, 0.4) is 0 Å². The van der Waals surface area contributed by atoms with Crippen molar-refractivity contribution in [2.24, 2.45) is 0 Å². The van der Waals surface area contributed by atoms with Crippen molar-refractivity contribution < 1.29 is 4.74 Å². The average molecular weight is 355 g/mol. The van der Waals surface area contributed by atoms with Gasteiger partial charge in [0.2, 0.25) is 0 Å². The van der Waals surface area contributed by atoms with E-state index in [1.165, 1.54) is 17.7 Å². The van der Waals surface area contributed by atoms with Gasteiger partial charge in [0.15, 0.2) is 0 Å². The summed E-state index contributed by atoms with van der Waals surface area (Å²) >= 11 is 3.61. The molecule has 3 nitrogen and oxygen atoms in total. The summed E-state index contributed by atoms with van der Waals surface area (Å²) in [5, 5.41) is 3.51. The zero-order chi connectivity index (χ0) is 15.1. The molecule has 118 valence electrons. The van der Waals surface area contributed by atoms with Crippen molar-refractivity contribution in [3.8, 4) is 0 Å². The van der Waals surface area contributed by atoms with E-state index in [-0.39, 0.29) is 0 Å². The van der Waals surface area contributed by atoms with Crippen molar-refractivity contribution in [3.05, 3.63) is 28.2 Å². The van der Waals surface area contributed by atoms with Gasteiger partial charge in [-0.3, -0.25) is 0 Å². The molecule has 0 bridgehead atoms. The standard InChI is InChI=1S/C17H27BrN2O/c1-3-9-19-13-14-5-6-15(18)12-17(14)20-10-7-16(8-11-20)21-4-2/h5-6,12,16,19H,3-4,7-11,13H2,1-2H3. The predicted octanol–water partition coefficient (Wildman–Crippen LogP) is 3.95. The molecule has 0 atom stereocenters. The van der Waals surface area contributed by atoms with Gasteiger partial charge in [0, 0.05) is 36.4 Å². The van der Waals surface area contributed by atoms with E-state index in [2.05, 4.69) is 58.2 Å². The molecule has 1 N–H and O–H groups in total. The molecule has 1 aliphatic heterocycles. The first-order valence-corrected chi connectivity index (χ1v) is 8.89. The van der Waals surface area contributed by atoms with Gasteiger partial charge in [0.25, 0.3) is 0 Å². The third-order valence-corrected chi connectivity index (χ3v) is 4.47. The lowest BCUT2D eigenvalue weighted by Crippen LogP contribution is -2.37. The smallest absolute Gasteiger partial charge is 0.0608 e. The first-order chi connectivity index (χ1) is 10.2. The topological polar surface area (TPSA) is 24.5 Å². The van der Waals surface area contributed by atoms with Crippen molar-refractivity contribution >= 4 is 21.6 Å². The summed E-state index contributed by atoms with van der Waals surface area (Å²) in [7, 11) is 0. The molecule has 0 aromatic heterocycles. The minimum absolute atomic E-state index is 0.445. The largest absolute Gasteiger partial charge is 0.378 e. The highest BCUT2D eigenvalue weighted by Crippen LogP contribution is 2.28. The highest BCUT2D eigenvalue weighted by atomic mass is 79.9. The van der Waals surface area contributed by atoms with Crippen LogP contribution in [0.5, 0.6) is 0 Å². The van der Waals surface area contributed by atoms with Crippen LogP contribution < -0.4 is 10.2 Å². The summed E-state index contributed by atoms with van der Waals surface area (Å²) in [4.78, 5) is 2.50. The number of piperidine rings is 1.